The van der Waals surface area contributed by atoms with E-state index in [2.05, 4.69) is 20.3 Å². The maximum atomic E-state index is 13.4. The second-order valence-corrected chi connectivity index (χ2v) is 6.67. The van der Waals surface area contributed by atoms with Crippen LogP contribution in [0.2, 0.25) is 5.15 Å². The average Bonchev–Trinajstić information content (AvgIpc) is 2.68. The molecule has 0 spiro atoms. The van der Waals surface area contributed by atoms with Crippen LogP contribution in [-0.4, -0.2) is 15.0 Å². The van der Waals surface area contributed by atoms with Crippen molar-refractivity contribution < 1.29 is 9.13 Å². The molecule has 0 unspecified atom stereocenters. The fourth-order valence-corrected chi connectivity index (χ4v) is 2.85. The quantitative estimate of drug-likeness (QED) is 0.456. The number of hydrogen-bond donors (Lipinski definition) is 1. The zero-order valence-corrected chi connectivity index (χ0v) is 15.7. The van der Waals surface area contributed by atoms with Crippen LogP contribution in [0, 0.1) is 12.7 Å². The molecule has 2 aromatic heterocycles. The highest BCUT2D eigenvalue weighted by Crippen LogP contribution is 2.26. The molecule has 0 saturated carbocycles. The highest BCUT2D eigenvalue weighted by Gasteiger charge is 2.07. The van der Waals surface area contributed by atoms with E-state index in [-0.39, 0.29) is 5.82 Å². The first kappa shape index (κ1) is 18.1. The number of aromatic nitrogens is 3. The topological polar surface area (TPSA) is 59.9 Å². The van der Waals surface area contributed by atoms with Gasteiger partial charge in [0.1, 0.15) is 23.3 Å². The molecule has 2 heterocycles. The molecule has 0 radical (unpaired) electrons. The number of rotatable bonds is 5. The van der Waals surface area contributed by atoms with Crippen LogP contribution in [0.4, 0.5) is 16.0 Å². The van der Waals surface area contributed by atoms with E-state index in [1.807, 2.05) is 25.1 Å². The first-order valence-electron chi connectivity index (χ1n) is 8.60. The molecule has 2 aromatic carbocycles. The number of nitrogens with zero attached hydrogens (tertiary/aromatic N) is 3. The monoisotopic (exact) mass is 394 g/mol. The van der Waals surface area contributed by atoms with Gasteiger partial charge in [-0.15, -0.1) is 0 Å². The van der Waals surface area contributed by atoms with Crippen LogP contribution in [0.3, 0.4) is 0 Å². The lowest BCUT2D eigenvalue weighted by atomic mass is 10.1. The van der Waals surface area contributed by atoms with E-state index in [0.29, 0.717) is 23.4 Å². The van der Waals surface area contributed by atoms with Crippen molar-refractivity contribution in [2.75, 3.05) is 5.32 Å². The standard InChI is InChI=1S/C21H16ClFN4O/c1-13-7-15-11-25-21(26-17-4-2-3-16(23)8-17)27-18(15)9-19(13)28-12-14-5-6-20(22)24-10-14/h2-11H,12H2,1H3,(H,25,26,27). The molecule has 0 aliphatic heterocycles. The molecular formula is C21H16ClFN4O. The Morgan fingerprint density at radius 2 is 1.96 bits per heavy atom. The molecule has 4 rings (SSSR count). The molecule has 4 aromatic rings. The Hall–Kier alpha value is -3.25. The van der Waals surface area contributed by atoms with Gasteiger partial charge in [0.05, 0.1) is 5.52 Å². The predicted molar refractivity (Wildman–Crippen MR) is 108 cm³/mol. The SMILES string of the molecule is Cc1cc2cnc(Nc3cccc(F)c3)nc2cc1OCc1ccc(Cl)nc1. The molecule has 0 bridgehead atoms. The fourth-order valence-electron chi connectivity index (χ4n) is 2.74. The fraction of sp³-hybridized carbons (Fsp3) is 0.0952. The molecule has 5 nitrogen and oxygen atoms in total. The summed E-state index contributed by atoms with van der Waals surface area (Å²) in [5, 5.41) is 4.35. The Morgan fingerprint density at radius 1 is 1.07 bits per heavy atom. The molecule has 0 amide bonds. The number of aryl methyl sites for hydroxylation is 1. The Bertz CT molecular complexity index is 1140. The number of hydrogen-bond acceptors (Lipinski definition) is 5. The second kappa shape index (κ2) is 7.78. The summed E-state index contributed by atoms with van der Waals surface area (Å²) in [4.78, 5) is 12.9. The van der Waals surface area contributed by atoms with Crippen molar-refractivity contribution in [3.05, 3.63) is 83.0 Å². The summed E-state index contributed by atoms with van der Waals surface area (Å²) in [5.74, 6) is 0.779. The van der Waals surface area contributed by atoms with Crippen molar-refractivity contribution in [1.82, 2.24) is 15.0 Å². The summed E-state index contributed by atoms with van der Waals surface area (Å²) in [7, 11) is 0. The highest BCUT2D eigenvalue weighted by atomic mass is 35.5. The summed E-state index contributed by atoms with van der Waals surface area (Å²) in [6, 6.07) is 13.6. The largest absolute Gasteiger partial charge is 0.488 e. The summed E-state index contributed by atoms with van der Waals surface area (Å²) < 4.78 is 19.3. The van der Waals surface area contributed by atoms with Crippen LogP contribution < -0.4 is 10.1 Å². The van der Waals surface area contributed by atoms with Gasteiger partial charge in [-0.25, -0.2) is 19.3 Å². The van der Waals surface area contributed by atoms with Gasteiger partial charge in [-0.3, -0.25) is 0 Å². The van der Waals surface area contributed by atoms with E-state index in [9.17, 15) is 4.39 Å². The minimum Gasteiger partial charge on any atom is -0.488 e. The van der Waals surface area contributed by atoms with E-state index in [4.69, 9.17) is 16.3 Å². The van der Waals surface area contributed by atoms with Crippen LogP contribution in [0.25, 0.3) is 10.9 Å². The van der Waals surface area contributed by atoms with Crippen molar-refractivity contribution in [3.8, 4) is 5.75 Å². The average molecular weight is 395 g/mol. The lowest BCUT2D eigenvalue weighted by Gasteiger charge is -2.11. The number of pyridine rings is 1. The number of anilines is 2. The molecule has 140 valence electrons. The van der Waals surface area contributed by atoms with Crippen LogP contribution in [-0.2, 0) is 6.61 Å². The van der Waals surface area contributed by atoms with E-state index in [1.165, 1.54) is 12.1 Å². The third-order valence-electron chi connectivity index (χ3n) is 4.14. The maximum absolute atomic E-state index is 13.4. The zero-order chi connectivity index (χ0) is 19.5. The van der Waals surface area contributed by atoms with Gasteiger partial charge >= 0.3 is 0 Å². The number of ether oxygens (including phenoxy) is 1. The van der Waals surface area contributed by atoms with Gasteiger partial charge in [0.15, 0.2) is 0 Å². The molecule has 0 fully saturated rings. The summed E-state index contributed by atoms with van der Waals surface area (Å²) in [6.45, 7) is 2.34. The number of fused-ring (bicyclic) bond motifs is 1. The first-order valence-corrected chi connectivity index (χ1v) is 8.98. The Balaban J connectivity index is 1.57. The van der Waals surface area contributed by atoms with Crippen molar-refractivity contribution >= 4 is 34.1 Å². The smallest absolute Gasteiger partial charge is 0.227 e. The third kappa shape index (κ3) is 4.18. The minimum atomic E-state index is -0.325. The van der Waals surface area contributed by atoms with Gasteiger partial charge in [0.2, 0.25) is 5.95 Å². The summed E-state index contributed by atoms with van der Waals surface area (Å²) in [6.07, 6.45) is 3.41. The van der Waals surface area contributed by atoms with E-state index >= 15 is 0 Å². The number of benzene rings is 2. The molecule has 0 atom stereocenters. The zero-order valence-electron chi connectivity index (χ0n) is 15.0. The molecular weight excluding hydrogens is 379 g/mol. The predicted octanol–water partition coefficient (Wildman–Crippen LogP) is 5.45. The normalized spacial score (nSPS) is 10.8. The Labute approximate surface area is 166 Å². The number of halogens is 2. The van der Waals surface area contributed by atoms with Gasteiger partial charge in [0, 0.05) is 35.1 Å². The first-order chi connectivity index (χ1) is 13.6. The van der Waals surface area contributed by atoms with Crippen molar-refractivity contribution in [3.63, 3.8) is 0 Å². The van der Waals surface area contributed by atoms with Crippen LogP contribution >= 0.6 is 11.6 Å². The van der Waals surface area contributed by atoms with E-state index < -0.39 is 0 Å². The molecule has 28 heavy (non-hydrogen) atoms. The number of nitrogens with one attached hydrogen (secondary N) is 1. The molecule has 0 aliphatic rings. The van der Waals surface area contributed by atoms with Gasteiger partial charge in [-0.2, -0.15) is 0 Å². The van der Waals surface area contributed by atoms with Gasteiger partial charge < -0.3 is 10.1 Å². The van der Waals surface area contributed by atoms with Crippen LogP contribution in [0.5, 0.6) is 5.75 Å². The van der Waals surface area contributed by atoms with Crippen molar-refractivity contribution in [1.29, 1.82) is 0 Å². The molecule has 7 heteroatoms. The Morgan fingerprint density at radius 3 is 2.75 bits per heavy atom. The van der Waals surface area contributed by atoms with Crippen LogP contribution in [0.15, 0.2) is 60.9 Å². The maximum Gasteiger partial charge on any atom is 0.227 e. The van der Waals surface area contributed by atoms with Crippen LogP contribution in [0.1, 0.15) is 11.1 Å². The second-order valence-electron chi connectivity index (χ2n) is 6.28. The van der Waals surface area contributed by atoms with E-state index in [1.54, 1.807) is 30.6 Å². The van der Waals surface area contributed by atoms with Gasteiger partial charge in [-0.05, 0) is 42.8 Å². The highest BCUT2D eigenvalue weighted by molar-refractivity contribution is 6.29. The third-order valence-corrected chi connectivity index (χ3v) is 4.36. The van der Waals surface area contributed by atoms with Crippen molar-refractivity contribution in [2.45, 2.75) is 13.5 Å². The van der Waals surface area contributed by atoms with Gasteiger partial charge in [-0.1, -0.05) is 23.7 Å². The lowest BCUT2D eigenvalue weighted by molar-refractivity contribution is 0.304. The minimum absolute atomic E-state index is 0.325. The summed E-state index contributed by atoms with van der Waals surface area (Å²) in [5.41, 5.74) is 3.20. The Kier molecular flexibility index (Phi) is 5.04. The van der Waals surface area contributed by atoms with Gasteiger partial charge in [0.25, 0.3) is 0 Å². The summed E-state index contributed by atoms with van der Waals surface area (Å²) >= 11 is 5.81. The molecule has 0 aliphatic carbocycles. The molecule has 0 saturated heterocycles. The van der Waals surface area contributed by atoms with E-state index in [0.717, 1.165) is 27.8 Å². The lowest BCUT2D eigenvalue weighted by Crippen LogP contribution is -2.00. The van der Waals surface area contributed by atoms with Crippen molar-refractivity contribution in [2.24, 2.45) is 0 Å². The molecule has 1 N–H and O–H groups in total.